The number of anilines is 1. The Morgan fingerprint density at radius 2 is 1.78 bits per heavy atom. The number of ether oxygens (including phenoxy) is 1. The molecule has 11 nitrogen and oxygen atoms in total. The SMILES string of the molecule is CNC(=O)c1c(-c2ccc(F)cc2)oc2cc(NS(=O)(=O)CCC(O)CC#N)c(-c3ccc(OC)c(-c4nc5c(F)cccc5o4)c3)cc12. The Bertz CT molecular complexity index is 2360. The fourth-order valence-corrected chi connectivity index (χ4v) is 6.60. The Morgan fingerprint density at radius 3 is 2.47 bits per heavy atom. The number of furan rings is 1. The molecule has 4 aromatic carbocycles. The molecule has 6 aromatic rings. The maximum absolute atomic E-state index is 14.5. The molecule has 0 fully saturated rings. The molecule has 2 heterocycles. The minimum Gasteiger partial charge on any atom is -0.496 e. The topological polar surface area (TPSA) is 168 Å². The van der Waals surface area contributed by atoms with Crippen LogP contribution < -0.4 is 14.8 Å². The quantitative estimate of drug-likeness (QED) is 0.136. The number of carbonyl (C=O) groups is 1. The van der Waals surface area contributed by atoms with Crippen molar-refractivity contribution in [3.8, 4) is 45.7 Å². The Balaban J connectivity index is 1.56. The number of carbonyl (C=O) groups excluding carboxylic acids is 1. The summed E-state index contributed by atoms with van der Waals surface area (Å²) in [4.78, 5) is 17.6. The third-order valence-corrected chi connectivity index (χ3v) is 9.12. The molecule has 1 amide bonds. The third kappa shape index (κ3) is 6.67. The van der Waals surface area contributed by atoms with Gasteiger partial charge in [-0.05, 0) is 66.6 Å². The number of oxazole rings is 1. The lowest BCUT2D eigenvalue weighted by atomic mass is 9.97. The highest BCUT2D eigenvalue weighted by atomic mass is 32.2. The predicted octanol–water partition coefficient (Wildman–Crippen LogP) is 6.63. The van der Waals surface area contributed by atoms with Gasteiger partial charge in [-0.15, -0.1) is 0 Å². The van der Waals surface area contributed by atoms with Crippen molar-refractivity contribution in [2.45, 2.75) is 18.9 Å². The van der Waals surface area contributed by atoms with E-state index in [9.17, 15) is 27.1 Å². The van der Waals surface area contributed by atoms with Crippen molar-refractivity contribution >= 4 is 43.7 Å². The Kier molecular flexibility index (Phi) is 9.05. The number of nitrogens with one attached hydrogen (secondary N) is 2. The normalized spacial score (nSPS) is 12.2. The lowest BCUT2D eigenvalue weighted by molar-refractivity contribution is 0.0964. The number of para-hydroxylation sites is 1. The van der Waals surface area contributed by atoms with Crippen LogP contribution in [0.3, 0.4) is 0 Å². The number of halogens is 2. The van der Waals surface area contributed by atoms with Crippen LogP contribution in [0.1, 0.15) is 23.2 Å². The molecule has 0 bridgehead atoms. The van der Waals surface area contributed by atoms with Gasteiger partial charge in [0, 0.05) is 29.6 Å². The maximum Gasteiger partial charge on any atom is 0.255 e. The molecule has 0 aliphatic rings. The molecular weight excluding hydrogens is 658 g/mol. The van der Waals surface area contributed by atoms with Gasteiger partial charge in [0.25, 0.3) is 5.91 Å². The van der Waals surface area contributed by atoms with Crippen LogP contribution in [-0.2, 0) is 10.0 Å². The Labute approximate surface area is 278 Å². The summed E-state index contributed by atoms with van der Waals surface area (Å²) < 4.78 is 75.0. The standard InChI is InChI=1S/C35H28F2N4O7S/c1-39-34(43)31-24-17-23(20-8-11-28(46-2)25(16-20)35-40-32-26(37)4-3-5-29(32)48-35)27(41-49(44,45)15-13-22(42)12-14-38)18-30(24)47-33(31)19-6-9-21(36)10-7-19/h3-11,16-18,22,41-42H,12-13,15H2,1-2H3,(H,39,43). The summed E-state index contributed by atoms with van der Waals surface area (Å²) in [5.74, 6) is -1.57. The highest BCUT2D eigenvalue weighted by Gasteiger charge is 2.26. The van der Waals surface area contributed by atoms with Gasteiger partial charge in [-0.1, -0.05) is 12.1 Å². The fourth-order valence-electron chi connectivity index (χ4n) is 5.41. The molecule has 6 rings (SSSR count). The lowest BCUT2D eigenvalue weighted by Gasteiger charge is -2.15. The molecule has 0 radical (unpaired) electrons. The zero-order chi connectivity index (χ0) is 34.9. The first-order chi connectivity index (χ1) is 23.5. The van der Waals surface area contributed by atoms with Gasteiger partial charge in [0.05, 0.1) is 48.3 Å². The van der Waals surface area contributed by atoms with Crippen LogP contribution in [-0.4, -0.2) is 50.4 Å². The van der Waals surface area contributed by atoms with E-state index < -0.39 is 39.4 Å². The number of hydrogen-bond donors (Lipinski definition) is 3. The van der Waals surface area contributed by atoms with Gasteiger partial charge in [-0.25, -0.2) is 22.2 Å². The van der Waals surface area contributed by atoms with Crippen LogP contribution in [0.2, 0.25) is 0 Å². The largest absolute Gasteiger partial charge is 0.496 e. The van der Waals surface area contributed by atoms with E-state index in [1.165, 1.54) is 56.6 Å². The molecule has 1 atom stereocenters. The van der Waals surface area contributed by atoms with Gasteiger partial charge < -0.3 is 24.0 Å². The van der Waals surface area contributed by atoms with E-state index >= 15 is 0 Å². The maximum atomic E-state index is 14.5. The first-order valence-corrected chi connectivity index (χ1v) is 16.5. The number of benzene rings is 4. The third-order valence-electron chi connectivity index (χ3n) is 7.81. The van der Waals surface area contributed by atoms with Crippen molar-refractivity contribution in [3.05, 3.63) is 90.0 Å². The van der Waals surface area contributed by atoms with Crippen molar-refractivity contribution in [3.63, 3.8) is 0 Å². The zero-order valence-corrected chi connectivity index (χ0v) is 26.9. The Morgan fingerprint density at radius 1 is 1.02 bits per heavy atom. The van der Waals surface area contributed by atoms with E-state index in [-0.39, 0.29) is 52.4 Å². The van der Waals surface area contributed by atoms with Crippen molar-refractivity contribution in [1.82, 2.24) is 10.3 Å². The molecule has 0 spiro atoms. The summed E-state index contributed by atoms with van der Waals surface area (Å²) in [5, 5.41) is 21.8. The van der Waals surface area contributed by atoms with E-state index in [1.54, 1.807) is 36.4 Å². The highest BCUT2D eigenvalue weighted by Crippen LogP contribution is 2.42. The second-order valence-electron chi connectivity index (χ2n) is 11.0. The number of aromatic nitrogens is 1. The van der Waals surface area contributed by atoms with Crippen LogP contribution in [0.4, 0.5) is 14.5 Å². The summed E-state index contributed by atoms with van der Waals surface area (Å²) in [6.07, 6.45) is -1.58. The van der Waals surface area contributed by atoms with Gasteiger partial charge in [0.15, 0.2) is 11.4 Å². The highest BCUT2D eigenvalue weighted by molar-refractivity contribution is 7.92. The number of methoxy groups -OCH3 is 1. The van der Waals surface area contributed by atoms with E-state index in [2.05, 4.69) is 15.0 Å². The van der Waals surface area contributed by atoms with Crippen molar-refractivity contribution < 1.29 is 40.7 Å². The van der Waals surface area contributed by atoms with E-state index in [0.717, 1.165) is 0 Å². The van der Waals surface area contributed by atoms with Crippen molar-refractivity contribution in [2.24, 2.45) is 0 Å². The average Bonchev–Trinajstić information content (AvgIpc) is 3.69. The molecule has 0 saturated heterocycles. The summed E-state index contributed by atoms with van der Waals surface area (Å²) >= 11 is 0. The van der Waals surface area contributed by atoms with E-state index in [0.29, 0.717) is 33.4 Å². The van der Waals surface area contributed by atoms with Crippen LogP contribution in [0.5, 0.6) is 5.75 Å². The predicted molar refractivity (Wildman–Crippen MR) is 178 cm³/mol. The molecule has 0 saturated carbocycles. The smallest absolute Gasteiger partial charge is 0.255 e. The van der Waals surface area contributed by atoms with Crippen LogP contribution >= 0.6 is 0 Å². The minimum absolute atomic E-state index is 0.0142. The molecule has 3 N–H and O–H groups in total. The number of amides is 1. The number of nitriles is 1. The van der Waals surface area contributed by atoms with Crippen LogP contribution in [0.25, 0.3) is 56.0 Å². The second kappa shape index (κ2) is 13.4. The lowest BCUT2D eigenvalue weighted by Crippen LogP contribution is -2.21. The summed E-state index contributed by atoms with van der Waals surface area (Å²) in [6, 6.07) is 19.4. The van der Waals surface area contributed by atoms with Gasteiger partial charge >= 0.3 is 0 Å². The molecule has 250 valence electrons. The molecule has 14 heteroatoms. The van der Waals surface area contributed by atoms with Crippen molar-refractivity contribution in [1.29, 1.82) is 5.26 Å². The zero-order valence-electron chi connectivity index (χ0n) is 26.1. The number of hydrogen-bond acceptors (Lipinski definition) is 9. The van der Waals surface area contributed by atoms with Gasteiger partial charge in [-0.2, -0.15) is 5.26 Å². The molecule has 0 aliphatic carbocycles. The number of nitrogens with zero attached hydrogens (tertiary/aromatic N) is 2. The number of rotatable bonds is 11. The number of aliphatic hydroxyl groups is 1. The second-order valence-corrected chi connectivity index (χ2v) is 12.9. The molecule has 2 aromatic heterocycles. The molecule has 1 unspecified atom stereocenters. The number of fused-ring (bicyclic) bond motifs is 2. The number of aliphatic hydroxyl groups excluding tert-OH is 1. The van der Waals surface area contributed by atoms with Crippen molar-refractivity contribution in [2.75, 3.05) is 24.6 Å². The fraction of sp³-hybridized carbons (Fsp3) is 0.171. The first kappa shape index (κ1) is 33.1. The Hall–Kier alpha value is -5.78. The van der Waals surface area contributed by atoms with Gasteiger partial charge in [-0.3, -0.25) is 9.52 Å². The molecular formula is C35H28F2N4O7S. The average molecular weight is 687 g/mol. The minimum atomic E-state index is -4.10. The van der Waals surface area contributed by atoms with Crippen LogP contribution in [0, 0.1) is 23.0 Å². The van der Waals surface area contributed by atoms with Crippen LogP contribution in [0.15, 0.2) is 81.6 Å². The summed E-state index contributed by atoms with van der Waals surface area (Å²) in [5.41, 5.74) is 2.01. The van der Waals surface area contributed by atoms with Gasteiger partial charge in [0.1, 0.15) is 28.4 Å². The van der Waals surface area contributed by atoms with E-state index in [4.69, 9.17) is 18.8 Å². The summed E-state index contributed by atoms with van der Waals surface area (Å²) in [7, 11) is -1.23. The van der Waals surface area contributed by atoms with Gasteiger partial charge in [0.2, 0.25) is 15.9 Å². The molecule has 0 aliphatic heterocycles. The summed E-state index contributed by atoms with van der Waals surface area (Å²) in [6.45, 7) is 0. The molecule has 49 heavy (non-hydrogen) atoms. The monoisotopic (exact) mass is 686 g/mol. The van der Waals surface area contributed by atoms with E-state index in [1.807, 2.05) is 0 Å². The number of sulfonamides is 1. The first-order valence-electron chi connectivity index (χ1n) is 14.9.